The fourth-order valence-corrected chi connectivity index (χ4v) is 2.44. The lowest BCUT2D eigenvalue weighted by molar-refractivity contribution is -0.127. The van der Waals surface area contributed by atoms with Crippen molar-refractivity contribution in [2.75, 3.05) is 27.2 Å². The predicted octanol–water partition coefficient (Wildman–Crippen LogP) is 2.22. The number of halogens is 1. The lowest BCUT2D eigenvalue weighted by Gasteiger charge is -2.29. The Morgan fingerprint density at radius 3 is 2.62 bits per heavy atom. The lowest BCUT2D eigenvalue weighted by atomic mass is 9.87. The van der Waals surface area contributed by atoms with Gasteiger partial charge in [0.2, 0.25) is 5.91 Å². The van der Waals surface area contributed by atoms with Gasteiger partial charge in [0, 0.05) is 26.7 Å². The number of aliphatic imine (C=N–C) groups is 1. The van der Waals surface area contributed by atoms with E-state index in [4.69, 9.17) is 0 Å². The summed E-state index contributed by atoms with van der Waals surface area (Å²) in [5.74, 6) is 1.58. The zero-order valence-corrected chi connectivity index (χ0v) is 16.1. The molecule has 1 rings (SSSR count). The molecular weight excluding hydrogens is 379 g/mol. The van der Waals surface area contributed by atoms with Gasteiger partial charge >= 0.3 is 0 Å². The highest BCUT2D eigenvalue weighted by Crippen LogP contribution is 2.23. The van der Waals surface area contributed by atoms with Crippen molar-refractivity contribution < 1.29 is 4.79 Å². The molecule has 0 bridgehead atoms. The summed E-state index contributed by atoms with van der Waals surface area (Å²) in [6.07, 6.45) is 6.03. The molecule has 1 aliphatic rings. The molecule has 5 nitrogen and oxygen atoms in total. The van der Waals surface area contributed by atoms with Gasteiger partial charge < -0.3 is 15.5 Å². The number of carbonyl (C=O) groups is 1. The summed E-state index contributed by atoms with van der Waals surface area (Å²) in [4.78, 5) is 17.6. The van der Waals surface area contributed by atoms with Gasteiger partial charge in [-0.15, -0.1) is 24.0 Å². The summed E-state index contributed by atoms with van der Waals surface area (Å²) in [5, 5.41) is 6.78. The SMILES string of the molecule is CCCNC(=NCC(=O)N(C)C)NC1CCCC(C)C1.I. The Morgan fingerprint density at radius 2 is 2.05 bits per heavy atom. The smallest absolute Gasteiger partial charge is 0.243 e. The summed E-state index contributed by atoms with van der Waals surface area (Å²) in [6, 6.07) is 0.483. The summed E-state index contributed by atoms with van der Waals surface area (Å²) in [6.45, 7) is 5.51. The van der Waals surface area contributed by atoms with E-state index in [0.29, 0.717) is 6.04 Å². The van der Waals surface area contributed by atoms with E-state index in [2.05, 4.69) is 29.5 Å². The maximum absolute atomic E-state index is 11.6. The van der Waals surface area contributed by atoms with Gasteiger partial charge in [-0.05, 0) is 25.2 Å². The van der Waals surface area contributed by atoms with Crippen LogP contribution in [0, 0.1) is 5.92 Å². The monoisotopic (exact) mass is 410 g/mol. The molecule has 6 heteroatoms. The molecule has 21 heavy (non-hydrogen) atoms. The van der Waals surface area contributed by atoms with Crippen LogP contribution >= 0.6 is 24.0 Å². The number of guanidine groups is 1. The molecule has 0 aliphatic heterocycles. The Bertz CT molecular complexity index is 334. The van der Waals surface area contributed by atoms with E-state index < -0.39 is 0 Å². The molecule has 2 unspecified atom stereocenters. The molecule has 124 valence electrons. The molecule has 0 heterocycles. The Labute approximate surface area is 146 Å². The first-order chi connectivity index (χ1) is 9.52. The van der Waals surface area contributed by atoms with E-state index in [1.165, 1.54) is 25.7 Å². The topological polar surface area (TPSA) is 56.7 Å². The number of likely N-dealkylation sites (N-methyl/N-ethyl adjacent to an activating group) is 1. The van der Waals surface area contributed by atoms with Crippen LogP contribution < -0.4 is 10.6 Å². The van der Waals surface area contributed by atoms with E-state index in [1.54, 1.807) is 19.0 Å². The first kappa shape index (κ1) is 20.5. The Balaban J connectivity index is 0.00000400. The van der Waals surface area contributed by atoms with Crippen LogP contribution in [0.1, 0.15) is 46.0 Å². The van der Waals surface area contributed by atoms with Crippen molar-refractivity contribution in [2.45, 2.75) is 52.0 Å². The van der Waals surface area contributed by atoms with Crippen LogP contribution in [0.15, 0.2) is 4.99 Å². The zero-order valence-electron chi connectivity index (χ0n) is 13.8. The van der Waals surface area contributed by atoms with Gasteiger partial charge in [-0.3, -0.25) is 4.79 Å². The highest BCUT2D eigenvalue weighted by molar-refractivity contribution is 14.0. The van der Waals surface area contributed by atoms with Gasteiger partial charge in [-0.1, -0.05) is 26.7 Å². The van der Waals surface area contributed by atoms with Gasteiger partial charge in [-0.2, -0.15) is 0 Å². The van der Waals surface area contributed by atoms with Gasteiger partial charge in [0.05, 0.1) is 0 Å². The predicted molar refractivity (Wildman–Crippen MR) is 99.3 cm³/mol. The lowest BCUT2D eigenvalue weighted by Crippen LogP contribution is -2.45. The van der Waals surface area contributed by atoms with Crippen LogP contribution in [0.5, 0.6) is 0 Å². The average molecular weight is 410 g/mol. The molecule has 0 aromatic rings. The highest BCUT2D eigenvalue weighted by Gasteiger charge is 2.19. The number of hydrogen-bond acceptors (Lipinski definition) is 2. The molecule has 0 spiro atoms. The molecule has 0 aromatic heterocycles. The Hall–Kier alpha value is -0.530. The second kappa shape index (κ2) is 11.1. The minimum atomic E-state index is 0. The molecule has 1 fully saturated rings. The maximum atomic E-state index is 11.6. The van der Waals surface area contributed by atoms with Gasteiger partial charge in [-0.25, -0.2) is 4.99 Å². The Kier molecular flexibility index (Phi) is 10.8. The first-order valence-electron chi connectivity index (χ1n) is 7.78. The Morgan fingerprint density at radius 1 is 1.33 bits per heavy atom. The summed E-state index contributed by atoms with van der Waals surface area (Å²) < 4.78 is 0. The second-order valence-electron chi connectivity index (χ2n) is 5.99. The van der Waals surface area contributed by atoms with Crippen LogP contribution in [0.3, 0.4) is 0 Å². The third kappa shape index (κ3) is 8.48. The first-order valence-corrected chi connectivity index (χ1v) is 7.78. The van der Waals surface area contributed by atoms with Gasteiger partial charge in [0.15, 0.2) is 5.96 Å². The average Bonchev–Trinajstić information content (AvgIpc) is 2.41. The van der Waals surface area contributed by atoms with E-state index in [-0.39, 0.29) is 36.4 Å². The molecule has 0 aromatic carbocycles. The largest absolute Gasteiger partial charge is 0.356 e. The molecular formula is C15H31IN4O. The van der Waals surface area contributed by atoms with Crippen LogP contribution in [0.2, 0.25) is 0 Å². The van der Waals surface area contributed by atoms with Gasteiger partial charge in [0.1, 0.15) is 6.54 Å². The van der Waals surface area contributed by atoms with Gasteiger partial charge in [0.25, 0.3) is 0 Å². The molecule has 2 atom stereocenters. The summed E-state index contributed by atoms with van der Waals surface area (Å²) in [7, 11) is 3.51. The van der Waals surface area contributed by atoms with Crippen LogP contribution in [-0.4, -0.2) is 50.0 Å². The van der Waals surface area contributed by atoms with Crippen molar-refractivity contribution in [3.05, 3.63) is 0 Å². The number of nitrogens with zero attached hydrogens (tertiary/aromatic N) is 2. The van der Waals surface area contributed by atoms with Crippen LogP contribution in [0.4, 0.5) is 0 Å². The standard InChI is InChI=1S/C15H30N4O.HI/c1-5-9-16-15(17-11-14(20)19(3)4)18-13-8-6-7-12(2)10-13;/h12-13H,5-11H2,1-4H3,(H2,16,17,18);1H. The van der Waals surface area contributed by atoms with Crippen LogP contribution in [-0.2, 0) is 4.79 Å². The van der Waals surface area contributed by atoms with E-state index in [0.717, 1.165) is 24.8 Å². The van der Waals surface area contributed by atoms with E-state index in [1.807, 2.05) is 0 Å². The van der Waals surface area contributed by atoms with Crippen molar-refractivity contribution in [3.8, 4) is 0 Å². The third-order valence-electron chi connectivity index (χ3n) is 3.69. The number of carbonyl (C=O) groups excluding carboxylic acids is 1. The van der Waals surface area contributed by atoms with E-state index in [9.17, 15) is 4.79 Å². The van der Waals surface area contributed by atoms with Crippen molar-refractivity contribution in [2.24, 2.45) is 10.9 Å². The summed E-state index contributed by atoms with van der Waals surface area (Å²) >= 11 is 0. The molecule has 1 amide bonds. The van der Waals surface area contributed by atoms with Crippen molar-refractivity contribution in [1.29, 1.82) is 0 Å². The molecule has 0 radical (unpaired) electrons. The molecule has 1 saturated carbocycles. The maximum Gasteiger partial charge on any atom is 0.243 e. The minimum Gasteiger partial charge on any atom is -0.356 e. The number of amides is 1. The van der Waals surface area contributed by atoms with Crippen molar-refractivity contribution >= 4 is 35.8 Å². The molecule has 0 saturated heterocycles. The zero-order chi connectivity index (χ0) is 15.0. The minimum absolute atomic E-state index is 0. The van der Waals surface area contributed by atoms with E-state index >= 15 is 0 Å². The molecule has 1 aliphatic carbocycles. The summed E-state index contributed by atoms with van der Waals surface area (Å²) in [5.41, 5.74) is 0. The third-order valence-corrected chi connectivity index (χ3v) is 3.69. The van der Waals surface area contributed by atoms with Crippen molar-refractivity contribution in [3.63, 3.8) is 0 Å². The second-order valence-corrected chi connectivity index (χ2v) is 5.99. The fourth-order valence-electron chi connectivity index (χ4n) is 2.44. The fraction of sp³-hybridized carbons (Fsp3) is 0.867. The number of rotatable bonds is 5. The normalized spacial score (nSPS) is 22.2. The van der Waals surface area contributed by atoms with Crippen LogP contribution in [0.25, 0.3) is 0 Å². The van der Waals surface area contributed by atoms with Crippen molar-refractivity contribution in [1.82, 2.24) is 15.5 Å². The number of hydrogen-bond donors (Lipinski definition) is 2. The quantitative estimate of drug-likeness (QED) is 0.415. The molecule has 2 N–H and O–H groups in total. The number of nitrogens with one attached hydrogen (secondary N) is 2. The highest BCUT2D eigenvalue weighted by atomic mass is 127.